The molecule has 168 valence electrons. The Bertz CT molecular complexity index is 1360. The van der Waals surface area contributed by atoms with E-state index in [4.69, 9.17) is 11.0 Å². The second kappa shape index (κ2) is 10.2. The molecule has 0 aliphatic carbocycles. The first-order chi connectivity index (χ1) is 15.5. The van der Waals surface area contributed by atoms with E-state index < -0.39 is 0 Å². The summed E-state index contributed by atoms with van der Waals surface area (Å²) in [6.45, 7) is 3.60. The molecule has 0 spiro atoms. The highest BCUT2D eigenvalue weighted by molar-refractivity contribution is 5.85. The molecular weight excluding hydrogens is 440 g/mol. The summed E-state index contributed by atoms with van der Waals surface area (Å²) >= 11 is 0. The summed E-state index contributed by atoms with van der Waals surface area (Å²) in [6, 6.07) is 11.0. The number of rotatable bonds is 4. The van der Waals surface area contributed by atoms with Crippen molar-refractivity contribution in [2.45, 2.75) is 38.9 Å². The van der Waals surface area contributed by atoms with Gasteiger partial charge in [-0.25, -0.2) is 0 Å². The van der Waals surface area contributed by atoms with Crippen molar-refractivity contribution in [3.05, 3.63) is 51.6 Å². The second-order valence-electron chi connectivity index (χ2n) is 7.69. The van der Waals surface area contributed by atoms with Crippen molar-refractivity contribution < 1.29 is 0 Å². The van der Waals surface area contributed by atoms with Crippen LogP contribution in [-0.2, 0) is 13.1 Å². The van der Waals surface area contributed by atoms with Crippen LogP contribution in [0.3, 0.4) is 0 Å². The number of piperidine rings is 1. The Balaban J connectivity index is 0.00000306. The minimum Gasteiger partial charge on any atom is -0.341 e. The molecule has 10 heteroatoms. The molecule has 2 aromatic heterocycles. The molecule has 1 aliphatic heterocycles. The van der Waals surface area contributed by atoms with Crippen LogP contribution in [0.5, 0.6) is 0 Å². The first kappa shape index (κ1) is 23.8. The zero-order valence-electron chi connectivity index (χ0n) is 18.2. The van der Waals surface area contributed by atoms with Crippen LogP contribution < -0.4 is 16.2 Å². The van der Waals surface area contributed by atoms with Crippen molar-refractivity contribution in [3.8, 4) is 24.0 Å². The molecular formula is C23H23ClN8O. The molecule has 0 amide bonds. The number of benzene rings is 1. The maximum absolute atomic E-state index is 13.5. The van der Waals surface area contributed by atoms with Gasteiger partial charge in [-0.1, -0.05) is 18.1 Å². The summed E-state index contributed by atoms with van der Waals surface area (Å²) < 4.78 is 3.11. The highest BCUT2D eigenvalue weighted by Crippen LogP contribution is 2.23. The number of halogens is 1. The van der Waals surface area contributed by atoms with E-state index in [1.54, 1.807) is 35.8 Å². The van der Waals surface area contributed by atoms with E-state index in [0.29, 0.717) is 23.6 Å². The number of hydrogen-bond acceptors (Lipinski definition) is 7. The number of nitrogens with two attached hydrogens (primary N) is 1. The molecule has 1 aromatic carbocycles. The third kappa shape index (κ3) is 4.68. The molecule has 3 aromatic rings. The number of hydrogen-bond donors (Lipinski definition) is 1. The molecule has 1 saturated heterocycles. The van der Waals surface area contributed by atoms with E-state index in [1.807, 2.05) is 6.07 Å². The van der Waals surface area contributed by atoms with Gasteiger partial charge < -0.3 is 10.6 Å². The Morgan fingerprint density at radius 3 is 2.55 bits per heavy atom. The fourth-order valence-electron chi connectivity index (χ4n) is 3.94. The number of anilines is 1. The topological polar surface area (TPSA) is 130 Å². The van der Waals surface area contributed by atoms with Gasteiger partial charge in [0.1, 0.15) is 6.07 Å². The van der Waals surface area contributed by atoms with E-state index in [2.05, 4.69) is 32.8 Å². The van der Waals surface area contributed by atoms with E-state index in [0.717, 1.165) is 24.9 Å². The second-order valence-corrected chi connectivity index (χ2v) is 7.69. The van der Waals surface area contributed by atoms with E-state index in [1.165, 1.54) is 4.57 Å². The zero-order chi connectivity index (χ0) is 22.7. The Hall–Kier alpha value is -3.84. The molecule has 0 radical (unpaired) electrons. The Kier molecular flexibility index (Phi) is 7.35. The minimum absolute atomic E-state index is 0. The van der Waals surface area contributed by atoms with Crippen LogP contribution in [0.25, 0.3) is 11.2 Å². The summed E-state index contributed by atoms with van der Waals surface area (Å²) in [5.74, 6) is 6.47. The first-order valence-corrected chi connectivity index (χ1v) is 10.4. The van der Waals surface area contributed by atoms with Gasteiger partial charge in [-0.3, -0.25) is 13.9 Å². The molecule has 4 rings (SSSR count). The number of nitriles is 2. The summed E-state index contributed by atoms with van der Waals surface area (Å²) in [7, 11) is 0. The lowest BCUT2D eigenvalue weighted by molar-refractivity contribution is 0.496. The van der Waals surface area contributed by atoms with Gasteiger partial charge in [0.25, 0.3) is 5.56 Å². The van der Waals surface area contributed by atoms with Crippen molar-refractivity contribution >= 4 is 29.5 Å². The molecule has 3 heterocycles. The Labute approximate surface area is 197 Å². The van der Waals surface area contributed by atoms with Gasteiger partial charge in [-0.05, 0) is 37.5 Å². The fraction of sp³-hybridized carbons (Fsp3) is 0.348. The monoisotopic (exact) mass is 462 g/mol. The molecule has 2 N–H and O–H groups in total. The van der Waals surface area contributed by atoms with Crippen LogP contribution in [0.4, 0.5) is 5.95 Å². The normalized spacial score (nSPS) is 15.2. The van der Waals surface area contributed by atoms with Crippen LogP contribution >= 0.6 is 12.4 Å². The highest BCUT2D eigenvalue weighted by atomic mass is 35.5. The van der Waals surface area contributed by atoms with Crippen LogP contribution in [0.1, 0.15) is 36.7 Å². The van der Waals surface area contributed by atoms with Crippen LogP contribution in [0.15, 0.2) is 29.1 Å². The van der Waals surface area contributed by atoms with Crippen molar-refractivity contribution in [2.24, 2.45) is 5.73 Å². The third-order valence-electron chi connectivity index (χ3n) is 5.52. The standard InChI is InChI=1S/C23H22N8O.ClH/c1-2-3-11-30-20-21(28-23(30)29-10-4-5-18(26)15-29)27-19(13-25)31(22(20)32)14-17-8-6-16(12-24)7-9-17;/h6-9,18H,4-5,10-11,14-15,26H2,1H3;1H. The van der Waals surface area contributed by atoms with Crippen molar-refractivity contribution in [1.82, 2.24) is 19.1 Å². The van der Waals surface area contributed by atoms with Crippen LogP contribution in [-0.4, -0.2) is 38.2 Å². The SMILES string of the molecule is CC#CCn1c(N2CCCC(N)C2)nc2nc(C#N)n(Cc3ccc(C#N)cc3)c(=O)c21.Cl. The predicted octanol–water partition coefficient (Wildman–Crippen LogP) is 1.76. The zero-order valence-corrected chi connectivity index (χ0v) is 19.0. The molecule has 1 fully saturated rings. The number of fused-ring (bicyclic) bond motifs is 1. The van der Waals surface area contributed by atoms with Gasteiger partial charge >= 0.3 is 0 Å². The average Bonchev–Trinajstić information content (AvgIpc) is 3.18. The maximum atomic E-state index is 13.5. The summed E-state index contributed by atoms with van der Waals surface area (Å²) in [4.78, 5) is 24.6. The van der Waals surface area contributed by atoms with Crippen LogP contribution in [0.2, 0.25) is 0 Å². The van der Waals surface area contributed by atoms with E-state index >= 15 is 0 Å². The Morgan fingerprint density at radius 1 is 1.15 bits per heavy atom. The molecule has 1 atom stereocenters. The smallest absolute Gasteiger partial charge is 0.281 e. The van der Waals surface area contributed by atoms with Crippen molar-refractivity contribution in [2.75, 3.05) is 18.0 Å². The van der Waals surface area contributed by atoms with Gasteiger partial charge in [0.05, 0.1) is 24.7 Å². The van der Waals surface area contributed by atoms with Crippen molar-refractivity contribution in [1.29, 1.82) is 10.5 Å². The summed E-state index contributed by atoms with van der Waals surface area (Å²) in [5, 5.41) is 18.7. The lowest BCUT2D eigenvalue weighted by Crippen LogP contribution is -2.44. The van der Waals surface area contributed by atoms with Gasteiger partial charge in [-0.15, -0.1) is 18.3 Å². The van der Waals surface area contributed by atoms with E-state index in [9.17, 15) is 10.1 Å². The number of imidazole rings is 1. The minimum atomic E-state index is -0.353. The molecule has 1 aliphatic rings. The lowest BCUT2D eigenvalue weighted by atomic mass is 10.1. The molecule has 9 nitrogen and oxygen atoms in total. The quantitative estimate of drug-likeness (QED) is 0.584. The fourth-order valence-corrected chi connectivity index (χ4v) is 3.94. The maximum Gasteiger partial charge on any atom is 0.281 e. The van der Waals surface area contributed by atoms with Gasteiger partial charge in [0.15, 0.2) is 11.2 Å². The summed E-state index contributed by atoms with van der Waals surface area (Å²) in [6.07, 6.45) is 1.88. The third-order valence-corrected chi connectivity index (χ3v) is 5.52. The van der Waals surface area contributed by atoms with Gasteiger partial charge in [0.2, 0.25) is 11.8 Å². The highest BCUT2D eigenvalue weighted by Gasteiger charge is 2.25. The lowest BCUT2D eigenvalue weighted by Gasteiger charge is -2.31. The summed E-state index contributed by atoms with van der Waals surface area (Å²) in [5.41, 5.74) is 7.66. The van der Waals surface area contributed by atoms with Gasteiger partial charge in [0, 0.05) is 19.1 Å². The number of aromatic nitrogens is 4. The van der Waals surface area contributed by atoms with Gasteiger partial charge in [-0.2, -0.15) is 20.5 Å². The number of nitrogens with zero attached hydrogens (tertiary/aromatic N) is 7. The Morgan fingerprint density at radius 2 is 1.91 bits per heavy atom. The van der Waals surface area contributed by atoms with E-state index in [-0.39, 0.29) is 48.6 Å². The predicted molar refractivity (Wildman–Crippen MR) is 127 cm³/mol. The molecule has 0 saturated carbocycles. The molecule has 1 unspecified atom stereocenters. The van der Waals surface area contributed by atoms with Crippen molar-refractivity contribution in [3.63, 3.8) is 0 Å². The molecule has 33 heavy (non-hydrogen) atoms. The van der Waals surface area contributed by atoms with Crippen LogP contribution in [0, 0.1) is 34.5 Å². The first-order valence-electron chi connectivity index (χ1n) is 10.4. The molecule has 0 bridgehead atoms. The largest absolute Gasteiger partial charge is 0.341 e. The average molecular weight is 463 g/mol.